The van der Waals surface area contributed by atoms with Crippen LogP contribution < -0.4 is 10.5 Å². The van der Waals surface area contributed by atoms with Gasteiger partial charge < -0.3 is 10.5 Å². The summed E-state index contributed by atoms with van der Waals surface area (Å²) >= 11 is 0. The van der Waals surface area contributed by atoms with E-state index in [9.17, 15) is 13.4 Å². The van der Waals surface area contributed by atoms with Gasteiger partial charge in [-0.15, -0.1) is 0 Å². The molecule has 0 aliphatic carbocycles. The van der Waals surface area contributed by atoms with E-state index in [1.165, 1.54) is 24.1 Å². The van der Waals surface area contributed by atoms with Crippen molar-refractivity contribution >= 4 is 27.3 Å². The number of benzene rings is 3. The highest BCUT2D eigenvalue weighted by molar-refractivity contribution is 7.92. The minimum Gasteiger partial charge on any atom is -0.497 e. The Balaban J connectivity index is 1.92. The average Bonchev–Trinajstić information content (AvgIpc) is 3.03. The van der Waals surface area contributed by atoms with Gasteiger partial charge in [-0.05, 0) is 53.1 Å². The first-order valence-corrected chi connectivity index (χ1v) is 12.7. The Morgan fingerprint density at radius 1 is 1.06 bits per heavy atom. The molecule has 0 saturated carbocycles. The van der Waals surface area contributed by atoms with Crippen molar-refractivity contribution in [1.82, 2.24) is 4.90 Å². The van der Waals surface area contributed by atoms with Crippen molar-refractivity contribution in [3.05, 3.63) is 83.7 Å². The maximum Gasteiger partial charge on any atom is 0.266 e. The maximum absolute atomic E-state index is 14.9. The fourth-order valence-electron chi connectivity index (χ4n) is 3.96. The van der Waals surface area contributed by atoms with Crippen molar-refractivity contribution in [1.29, 1.82) is 0 Å². The second kappa shape index (κ2) is 8.57. The number of ether oxygens (including phenoxy) is 1. The summed E-state index contributed by atoms with van der Waals surface area (Å²) < 4.78 is 36.5. The van der Waals surface area contributed by atoms with Gasteiger partial charge in [-0.1, -0.05) is 30.3 Å². The lowest BCUT2D eigenvalue weighted by Gasteiger charge is -2.27. The summed E-state index contributed by atoms with van der Waals surface area (Å²) in [4.78, 5) is 19.4. The predicted octanol–water partition coefficient (Wildman–Crippen LogP) is 3.89. The van der Waals surface area contributed by atoms with E-state index in [-0.39, 0.29) is 11.9 Å². The number of likely N-dealkylation sites (N-methyl/N-ethyl adjacent to an activating group) is 1. The molecule has 7 nitrogen and oxygen atoms in total. The first kappa shape index (κ1) is 23.4. The van der Waals surface area contributed by atoms with E-state index >= 15 is 0 Å². The molecule has 3 aromatic rings. The lowest BCUT2D eigenvalue weighted by atomic mass is 9.81. The number of aliphatic imine (C=N–C) groups is 1. The van der Waals surface area contributed by atoms with Crippen LogP contribution in [-0.2, 0) is 20.1 Å². The molecular weight excluding hydrogens is 455 g/mol. The Morgan fingerprint density at radius 3 is 2.32 bits per heavy atom. The highest BCUT2D eigenvalue weighted by Crippen LogP contribution is 2.41. The monoisotopic (exact) mass is 480 g/mol. The Morgan fingerprint density at radius 2 is 1.74 bits per heavy atom. The SMILES string of the molecule is COc1cccc(-c2cc(C3(c4ccc(N=S(C)(C)=O)cc4)N=C(N)N(C)C3=O)ccc2F)c1. The molecule has 0 bridgehead atoms. The van der Waals surface area contributed by atoms with Crippen molar-refractivity contribution in [2.24, 2.45) is 15.1 Å². The molecule has 1 unspecified atom stereocenters. The largest absolute Gasteiger partial charge is 0.497 e. The van der Waals surface area contributed by atoms with Crippen LogP contribution in [-0.4, -0.2) is 47.6 Å². The number of guanidine groups is 1. The molecule has 0 aromatic heterocycles. The highest BCUT2D eigenvalue weighted by atomic mass is 32.2. The number of hydrogen-bond acceptors (Lipinski definition) is 6. The van der Waals surface area contributed by atoms with Crippen LogP contribution in [0.4, 0.5) is 10.1 Å². The third-order valence-electron chi connectivity index (χ3n) is 5.62. The predicted molar refractivity (Wildman–Crippen MR) is 132 cm³/mol. The standard InChI is InChI=1S/C25H25FN4O3S/c1-30-23(31)25(28-24(30)27,17-8-11-19(12-9-17)29-34(3,4)32)18-10-13-22(26)21(15-18)16-6-5-7-20(14-16)33-2/h5-15H,1-4H3,(H2,27,28). The summed E-state index contributed by atoms with van der Waals surface area (Å²) in [7, 11) is 0.731. The first-order valence-electron chi connectivity index (χ1n) is 10.4. The Bertz CT molecular complexity index is 1420. The molecule has 0 spiro atoms. The van der Waals surface area contributed by atoms with Crippen LogP contribution in [0.25, 0.3) is 11.1 Å². The van der Waals surface area contributed by atoms with E-state index in [1.54, 1.807) is 74.2 Å². The molecule has 1 atom stereocenters. The summed E-state index contributed by atoms with van der Waals surface area (Å²) in [6.45, 7) is 0. The normalized spacial score (nSPS) is 18.1. The molecular formula is C25H25FN4O3S. The Hall–Kier alpha value is -3.72. The average molecular weight is 481 g/mol. The fraction of sp³-hybridized carbons (Fsp3) is 0.200. The molecule has 2 N–H and O–H groups in total. The van der Waals surface area contributed by atoms with Gasteiger partial charge >= 0.3 is 0 Å². The van der Waals surface area contributed by atoms with Crippen molar-refractivity contribution in [3.8, 4) is 16.9 Å². The van der Waals surface area contributed by atoms with Crippen LogP contribution in [0.2, 0.25) is 0 Å². The third kappa shape index (κ3) is 4.14. The fourth-order valence-corrected chi connectivity index (χ4v) is 4.59. The van der Waals surface area contributed by atoms with E-state index in [0.717, 1.165) is 0 Å². The van der Waals surface area contributed by atoms with Crippen LogP contribution >= 0.6 is 0 Å². The third-order valence-corrected chi connectivity index (χ3v) is 6.27. The van der Waals surface area contributed by atoms with Crippen molar-refractivity contribution in [2.75, 3.05) is 26.7 Å². The quantitative estimate of drug-likeness (QED) is 0.599. The number of amides is 1. The summed E-state index contributed by atoms with van der Waals surface area (Å²) in [6, 6.07) is 18.2. The molecule has 0 saturated heterocycles. The number of carbonyl (C=O) groups excluding carboxylic acids is 1. The zero-order valence-corrected chi connectivity index (χ0v) is 20.1. The van der Waals surface area contributed by atoms with Gasteiger partial charge in [0.1, 0.15) is 11.6 Å². The lowest BCUT2D eigenvalue weighted by Crippen LogP contribution is -2.41. The van der Waals surface area contributed by atoms with Crippen molar-refractivity contribution in [3.63, 3.8) is 0 Å². The zero-order valence-electron chi connectivity index (χ0n) is 19.3. The molecule has 176 valence electrons. The highest BCUT2D eigenvalue weighted by Gasteiger charge is 2.49. The van der Waals surface area contributed by atoms with Crippen LogP contribution in [0.3, 0.4) is 0 Å². The smallest absolute Gasteiger partial charge is 0.266 e. The Kier molecular flexibility index (Phi) is 5.91. The van der Waals surface area contributed by atoms with E-state index in [2.05, 4.69) is 9.36 Å². The summed E-state index contributed by atoms with van der Waals surface area (Å²) in [5.74, 6) is -0.180. The van der Waals surface area contributed by atoms with E-state index in [1.807, 2.05) is 0 Å². The van der Waals surface area contributed by atoms with Gasteiger partial charge in [0, 0.05) is 34.9 Å². The summed E-state index contributed by atoms with van der Waals surface area (Å²) in [6.07, 6.45) is 3.09. The summed E-state index contributed by atoms with van der Waals surface area (Å²) in [5.41, 5.74) is 6.96. The van der Waals surface area contributed by atoms with Gasteiger partial charge in [-0.2, -0.15) is 4.36 Å². The van der Waals surface area contributed by atoms with E-state index in [4.69, 9.17) is 10.5 Å². The second-order valence-electron chi connectivity index (χ2n) is 8.29. The second-order valence-corrected chi connectivity index (χ2v) is 10.8. The first-order chi connectivity index (χ1) is 16.0. The van der Waals surface area contributed by atoms with E-state index < -0.39 is 21.1 Å². The Labute approximate surface area is 198 Å². The van der Waals surface area contributed by atoms with Gasteiger partial charge in [-0.25, -0.2) is 13.6 Å². The lowest BCUT2D eigenvalue weighted by molar-refractivity contribution is -0.129. The number of hydrogen-bond donors (Lipinski definition) is 1. The molecule has 9 heteroatoms. The van der Waals surface area contributed by atoms with Crippen LogP contribution in [0, 0.1) is 5.82 Å². The van der Waals surface area contributed by atoms with Crippen LogP contribution in [0.5, 0.6) is 5.75 Å². The number of methoxy groups -OCH3 is 1. The van der Waals surface area contributed by atoms with Crippen LogP contribution in [0.1, 0.15) is 11.1 Å². The van der Waals surface area contributed by atoms with E-state index in [0.29, 0.717) is 33.7 Å². The number of carbonyl (C=O) groups is 1. The molecule has 1 heterocycles. The van der Waals surface area contributed by atoms with Crippen LogP contribution in [0.15, 0.2) is 76.1 Å². The number of nitrogens with two attached hydrogens (primary N) is 1. The molecule has 0 radical (unpaired) electrons. The number of halogens is 1. The van der Waals surface area contributed by atoms with Gasteiger partial charge in [0.15, 0.2) is 11.5 Å². The topological polar surface area (TPSA) is 97.3 Å². The number of rotatable bonds is 5. The van der Waals surface area contributed by atoms with Gasteiger partial charge in [0.25, 0.3) is 5.91 Å². The van der Waals surface area contributed by atoms with Crippen molar-refractivity contribution < 1.29 is 18.1 Å². The minimum absolute atomic E-state index is 0.0520. The van der Waals surface area contributed by atoms with Gasteiger partial charge in [0.05, 0.1) is 12.8 Å². The molecule has 1 amide bonds. The van der Waals surface area contributed by atoms with Crippen molar-refractivity contribution in [2.45, 2.75) is 5.54 Å². The van der Waals surface area contributed by atoms with Gasteiger partial charge in [0.2, 0.25) is 0 Å². The molecule has 34 heavy (non-hydrogen) atoms. The molecule has 1 aliphatic heterocycles. The molecule has 1 aliphatic rings. The number of nitrogens with zero attached hydrogens (tertiary/aromatic N) is 3. The molecule has 3 aromatic carbocycles. The molecule has 0 fully saturated rings. The molecule has 4 rings (SSSR count). The summed E-state index contributed by atoms with van der Waals surface area (Å²) in [5, 5.41) is 0. The zero-order chi connectivity index (χ0) is 24.7. The maximum atomic E-state index is 14.9. The minimum atomic E-state index is -2.35. The van der Waals surface area contributed by atoms with Gasteiger partial charge in [-0.3, -0.25) is 9.69 Å².